The lowest BCUT2D eigenvalue weighted by atomic mass is 9.92. The van der Waals surface area contributed by atoms with E-state index in [0.717, 1.165) is 37.0 Å². The van der Waals surface area contributed by atoms with Crippen LogP contribution in [0.3, 0.4) is 0 Å². The van der Waals surface area contributed by atoms with Gasteiger partial charge >= 0.3 is 4.87 Å². The number of hydrogen-bond acceptors (Lipinski definition) is 5. The van der Waals surface area contributed by atoms with Crippen molar-refractivity contribution in [2.24, 2.45) is 5.73 Å². The minimum Gasteiger partial charge on any atom is -0.328 e. The first-order chi connectivity index (χ1) is 9.36. The van der Waals surface area contributed by atoms with E-state index in [9.17, 15) is 13.2 Å². The first-order valence-corrected chi connectivity index (χ1v) is 9.09. The summed E-state index contributed by atoms with van der Waals surface area (Å²) in [6, 6.07) is 0.166. The minimum absolute atomic E-state index is 0.0126. The molecule has 1 fully saturated rings. The summed E-state index contributed by atoms with van der Waals surface area (Å²) in [5.74, 6) is 0. The van der Waals surface area contributed by atoms with Crippen LogP contribution < -0.4 is 10.6 Å². The largest absolute Gasteiger partial charge is 0.328 e. The first-order valence-electron chi connectivity index (χ1n) is 6.83. The third kappa shape index (κ3) is 2.98. The normalized spacial score (nSPS) is 24.2. The second-order valence-corrected chi connectivity index (χ2v) is 8.27. The Morgan fingerprint density at radius 3 is 2.40 bits per heavy atom. The Kier molecular flexibility index (Phi) is 4.68. The van der Waals surface area contributed by atoms with E-state index < -0.39 is 10.0 Å². The molecule has 0 radical (unpaired) electrons. The van der Waals surface area contributed by atoms with Crippen LogP contribution in [-0.2, 0) is 10.0 Å². The van der Waals surface area contributed by atoms with Crippen molar-refractivity contribution in [3.8, 4) is 0 Å². The van der Waals surface area contributed by atoms with Gasteiger partial charge in [-0.15, -0.1) is 0 Å². The average Bonchev–Trinajstić information content (AvgIpc) is 2.72. The molecule has 1 aromatic rings. The molecule has 8 heteroatoms. The number of thiazole rings is 1. The number of nitrogens with two attached hydrogens (primary N) is 1. The molecule has 0 atom stereocenters. The number of aromatic amines is 1. The second kappa shape index (κ2) is 5.97. The maximum absolute atomic E-state index is 12.7. The van der Waals surface area contributed by atoms with Gasteiger partial charge in [0.1, 0.15) is 0 Å². The summed E-state index contributed by atoms with van der Waals surface area (Å²) in [4.78, 5) is 13.6. The predicted octanol–water partition coefficient (Wildman–Crippen LogP) is 1.03. The minimum atomic E-state index is -3.60. The van der Waals surface area contributed by atoms with E-state index in [1.54, 1.807) is 6.92 Å². The zero-order valence-corrected chi connectivity index (χ0v) is 13.4. The number of hydrogen-bond donors (Lipinski definition) is 2. The van der Waals surface area contributed by atoms with E-state index in [4.69, 9.17) is 5.73 Å². The summed E-state index contributed by atoms with van der Waals surface area (Å²) in [5.41, 5.74) is 6.30. The molecule has 1 saturated carbocycles. The molecule has 6 nitrogen and oxygen atoms in total. The molecule has 20 heavy (non-hydrogen) atoms. The molecule has 2 rings (SSSR count). The molecule has 0 aliphatic heterocycles. The summed E-state index contributed by atoms with van der Waals surface area (Å²) in [6.45, 7) is 3.86. The Balaban J connectivity index is 2.30. The molecule has 114 valence electrons. The zero-order chi connectivity index (χ0) is 14.9. The monoisotopic (exact) mass is 319 g/mol. The SMILES string of the molecule is CCN(C1CCC(N)CC1)S(=O)(=O)c1sc(=O)[nH]c1C. The Labute approximate surface area is 123 Å². The maximum atomic E-state index is 12.7. The van der Waals surface area contributed by atoms with Gasteiger partial charge in [-0.2, -0.15) is 4.31 Å². The van der Waals surface area contributed by atoms with Crippen LogP contribution in [0.1, 0.15) is 38.3 Å². The van der Waals surface area contributed by atoms with E-state index >= 15 is 0 Å². The second-order valence-electron chi connectivity index (χ2n) is 5.20. The van der Waals surface area contributed by atoms with Gasteiger partial charge < -0.3 is 10.7 Å². The first kappa shape index (κ1) is 15.7. The molecular weight excluding hydrogens is 298 g/mol. The van der Waals surface area contributed by atoms with Gasteiger partial charge in [-0.25, -0.2) is 8.42 Å². The van der Waals surface area contributed by atoms with Crippen LogP contribution in [0.4, 0.5) is 0 Å². The average molecular weight is 319 g/mol. The summed E-state index contributed by atoms with van der Waals surface area (Å²) in [5, 5.41) is 0. The van der Waals surface area contributed by atoms with Gasteiger partial charge in [0.15, 0.2) is 4.21 Å². The van der Waals surface area contributed by atoms with Crippen molar-refractivity contribution >= 4 is 21.4 Å². The lowest BCUT2D eigenvalue weighted by Crippen LogP contribution is -2.44. The van der Waals surface area contributed by atoms with Gasteiger partial charge in [0.2, 0.25) is 0 Å². The molecule has 0 amide bonds. The van der Waals surface area contributed by atoms with Crippen molar-refractivity contribution < 1.29 is 8.42 Å². The molecule has 1 aliphatic rings. The molecule has 0 unspecified atom stereocenters. The summed E-state index contributed by atoms with van der Waals surface area (Å²) in [6.07, 6.45) is 3.26. The molecule has 1 aromatic heterocycles. The van der Waals surface area contributed by atoms with Gasteiger partial charge in [-0.05, 0) is 32.6 Å². The fourth-order valence-electron chi connectivity index (χ4n) is 2.76. The topological polar surface area (TPSA) is 96.3 Å². The number of aromatic nitrogens is 1. The van der Waals surface area contributed by atoms with Crippen LogP contribution in [0.25, 0.3) is 0 Å². The maximum Gasteiger partial charge on any atom is 0.305 e. The standard InChI is InChI=1S/C12H21N3O3S2/c1-3-15(10-6-4-9(13)5-7-10)20(17,18)11-8(2)14-12(16)19-11/h9-10H,3-7,13H2,1-2H3,(H,14,16). The highest BCUT2D eigenvalue weighted by molar-refractivity contribution is 7.91. The van der Waals surface area contributed by atoms with Crippen LogP contribution in [0.5, 0.6) is 0 Å². The number of aryl methyl sites for hydroxylation is 1. The van der Waals surface area contributed by atoms with Crippen molar-refractivity contribution in [3.63, 3.8) is 0 Å². The van der Waals surface area contributed by atoms with E-state index in [-0.39, 0.29) is 21.2 Å². The van der Waals surface area contributed by atoms with Gasteiger partial charge in [-0.3, -0.25) is 4.79 Å². The molecule has 1 heterocycles. The van der Waals surface area contributed by atoms with Gasteiger partial charge in [0.25, 0.3) is 10.0 Å². The van der Waals surface area contributed by atoms with Crippen LogP contribution in [-0.4, -0.2) is 36.3 Å². The highest BCUT2D eigenvalue weighted by Gasteiger charge is 2.34. The van der Waals surface area contributed by atoms with E-state index in [0.29, 0.717) is 12.2 Å². The predicted molar refractivity (Wildman–Crippen MR) is 79.5 cm³/mol. The van der Waals surface area contributed by atoms with Crippen molar-refractivity contribution in [1.82, 2.24) is 9.29 Å². The fraction of sp³-hybridized carbons (Fsp3) is 0.750. The van der Waals surface area contributed by atoms with E-state index in [2.05, 4.69) is 4.98 Å². The Morgan fingerprint density at radius 2 is 1.95 bits per heavy atom. The highest BCUT2D eigenvalue weighted by Crippen LogP contribution is 2.29. The molecule has 0 saturated heterocycles. The van der Waals surface area contributed by atoms with Crippen molar-refractivity contribution in [1.29, 1.82) is 0 Å². The molecule has 0 spiro atoms. The smallest absolute Gasteiger partial charge is 0.305 e. The van der Waals surface area contributed by atoms with Crippen LogP contribution in [0.2, 0.25) is 0 Å². The van der Waals surface area contributed by atoms with Crippen LogP contribution >= 0.6 is 11.3 Å². The Bertz CT molecular complexity index is 612. The van der Waals surface area contributed by atoms with Crippen molar-refractivity contribution in [3.05, 3.63) is 15.4 Å². The van der Waals surface area contributed by atoms with Gasteiger partial charge in [-0.1, -0.05) is 18.3 Å². The third-order valence-corrected chi connectivity index (χ3v) is 7.39. The van der Waals surface area contributed by atoms with Gasteiger partial charge in [0.05, 0.1) is 0 Å². The molecule has 3 N–H and O–H groups in total. The number of H-pyrrole nitrogens is 1. The lowest BCUT2D eigenvalue weighted by Gasteiger charge is -2.34. The zero-order valence-electron chi connectivity index (χ0n) is 11.8. The van der Waals surface area contributed by atoms with Crippen molar-refractivity contribution in [2.45, 2.75) is 55.8 Å². The Hall–Kier alpha value is -0.700. The van der Waals surface area contributed by atoms with Crippen LogP contribution in [0.15, 0.2) is 9.00 Å². The number of nitrogens with one attached hydrogen (secondary N) is 1. The lowest BCUT2D eigenvalue weighted by molar-refractivity contribution is 0.247. The highest BCUT2D eigenvalue weighted by atomic mass is 32.2. The molecule has 0 aromatic carbocycles. The summed E-state index contributed by atoms with van der Waals surface area (Å²) < 4.78 is 27.1. The number of nitrogens with zero attached hydrogens (tertiary/aromatic N) is 1. The Morgan fingerprint density at radius 1 is 1.35 bits per heavy atom. The molecule has 0 bridgehead atoms. The van der Waals surface area contributed by atoms with Gasteiger partial charge in [0, 0.05) is 24.3 Å². The number of sulfonamides is 1. The van der Waals surface area contributed by atoms with E-state index in [1.165, 1.54) is 4.31 Å². The molecule has 1 aliphatic carbocycles. The summed E-state index contributed by atoms with van der Waals surface area (Å²) in [7, 11) is -3.60. The third-order valence-electron chi connectivity index (χ3n) is 3.78. The quantitative estimate of drug-likeness (QED) is 0.866. The van der Waals surface area contributed by atoms with Crippen LogP contribution in [0, 0.1) is 6.92 Å². The number of rotatable bonds is 4. The fourth-order valence-corrected chi connectivity index (χ4v) is 5.86. The molecular formula is C12H21N3O3S2. The van der Waals surface area contributed by atoms with Crippen molar-refractivity contribution in [2.75, 3.05) is 6.54 Å². The summed E-state index contributed by atoms with van der Waals surface area (Å²) >= 11 is 0.764. The van der Waals surface area contributed by atoms with E-state index in [1.807, 2.05) is 6.92 Å².